The normalized spacial score (nSPS) is 14.8. The number of aliphatic hydroxyl groups is 1. The number of nitrogens with one attached hydrogen (secondary N) is 1. The minimum atomic E-state index is -1.09. The van der Waals surface area contributed by atoms with Gasteiger partial charge in [0.15, 0.2) is 5.82 Å². The van der Waals surface area contributed by atoms with Crippen LogP contribution >= 0.6 is 0 Å². The Hall–Kier alpha value is -3.86. The van der Waals surface area contributed by atoms with Gasteiger partial charge in [-0.05, 0) is 103 Å². The largest absolute Gasteiger partial charge is 0.496 e. The first-order valence-corrected chi connectivity index (χ1v) is 15.1. The van der Waals surface area contributed by atoms with Crippen LogP contribution < -0.4 is 10.1 Å². The molecule has 1 amide bonds. The van der Waals surface area contributed by atoms with Crippen LogP contribution in [0, 0.1) is 12.7 Å². The van der Waals surface area contributed by atoms with Crippen LogP contribution in [-0.4, -0.2) is 88.3 Å². The smallest absolute Gasteiger partial charge is 0.261 e. The Morgan fingerprint density at radius 1 is 1.14 bits per heavy atom. The number of para-hydroxylation sites is 1. The van der Waals surface area contributed by atoms with Gasteiger partial charge in [-0.3, -0.25) is 10.1 Å². The average Bonchev–Trinajstić information content (AvgIpc) is 3.31. The molecule has 44 heavy (non-hydrogen) atoms. The SMILES string of the molecule is COc1ccccc1-c1nc(C)cc(C(=O)Nc2nc3ccc(C4CCN(CCN(C)C)CC4)cc3n2CC(C)(C)O)c1F. The lowest BCUT2D eigenvalue weighted by Crippen LogP contribution is -2.37. The van der Waals surface area contributed by atoms with Gasteiger partial charge in [0.1, 0.15) is 11.4 Å². The van der Waals surface area contributed by atoms with Crippen molar-refractivity contribution in [3.8, 4) is 17.0 Å². The number of anilines is 1. The number of carbonyl (C=O) groups is 1. The van der Waals surface area contributed by atoms with Gasteiger partial charge in [-0.15, -0.1) is 0 Å². The highest BCUT2D eigenvalue weighted by Gasteiger charge is 2.26. The number of rotatable bonds is 10. The number of likely N-dealkylation sites (tertiary alicyclic amines) is 1. The summed E-state index contributed by atoms with van der Waals surface area (Å²) < 4.78 is 23.1. The summed E-state index contributed by atoms with van der Waals surface area (Å²) in [5.41, 5.74) is 2.47. The minimum absolute atomic E-state index is 0.0370. The first-order chi connectivity index (χ1) is 20.9. The molecule has 1 aliphatic heterocycles. The van der Waals surface area contributed by atoms with Crippen molar-refractivity contribution in [3.63, 3.8) is 0 Å². The second kappa shape index (κ2) is 13.0. The molecule has 10 heteroatoms. The van der Waals surface area contributed by atoms with Crippen molar-refractivity contribution < 1.29 is 19.0 Å². The van der Waals surface area contributed by atoms with E-state index in [9.17, 15) is 9.90 Å². The zero-order chi connectivity index (χ0) is 31.6. The number of methoxy groups -OCH3 is 1. The highest BCUT2D eigenvalue weighted by molar-refractivity contribution is 6.05. The molecule has 1 saturated heterocycles. The van der Waals surface area contributed by atoms with Gasteiger partial charge in [-0.2, -0.15) is 0 Å². The summed E-state index contributed by atoms with van der Waals surface area (Å²) >= 11 is 0. The Bertz CT molecular complexity index is 1640. The van der Waals surface area contributed by atoms with Crippen LogP contribution in [0.25, 0.3) is 22.3 Å². The maximum Gasteiger partial charge on any atom is 0.261 e. The van der Waals surface area contributed by atoms with E-state index in [4.69, 9.17) is 9.72 Å². The molecule has 9 nitrogen and oxygen atoms in total. The quantitative estimate of drug-likeness (QED) is 0.254. The van der Waals surface area contributed by atoms with Gasteiger partial charge in [0.05, 0.1) is 35.9 Å². The monoisotopic (exact) mass is 602 g/mol. The molecule has 2 aromatic heterocycles. The van der Waals surface area contributed by atoms with E-state index < -0.39 is 17.3 Å². The Kier molecular flexibility index (Phi) is 9.34. The number of likely N-dealkylation sites (N-methyl/N-ethyl adjacent to an activating group) is 1. The molecule has 0 aliphatic carbocycles. The number of piperidine rings is 1. The van der Waals surface area contributed by atoms with Gasteiger partial charge >= 0.3 is 0 Å². The van der Waals surface area contributed by atoms with E-state index in [0.717, 1.165) is 44.5 Å². The second-order valence-corrected chi connectivity index (χ2v) is 12.6. The summed E-state index contributed by atoms with van der Waals surface area (Å²) in [6.45, 7) is 9.54. The fourth-order valence-corrected chi connectivity index (χ4v) is 5.88. The number of imidazole rings is 1. The molecule has 2 N–H and O–H groups in total. The lowest BCUT2D eigenvalue weighted by atomic mass is 9.89. The standard InChI is InChI=1S/C34H43FN6O3/c1-22-19-26(30(35)31(36-22)25-9-7-8-10-29(25)44-6)32(42)38-33-37-27-12-11-24(20-28(27)41(33)21-34(2,3)43)23-13-15-40(16-14-23)18-17-39(4)5/h7-12,19-20,23,43H,13-18,21H2,1-6H3,(H,37,38,42). The van der Waals surface area contributed by atoms with Crippen molar-refractivity contribution in [1.82, 2.24) is 24.3 Å². The molecule has 1 fully saturated rings. The summed E-state index contributed by atoms with van der Waals surface area (Å²) in [6.07, 6.45) is 2.13. The topological polar surface area (TPSA) is 95.7 Å². The van der Waals surface area contributed by atoms with Crippen LogP contribution in [0.2, 0.25) is 0 Å². The number of halogens is 1. The number of fused-ring (bicyclic) bond motifs is 1. The van der Waals surface area contributed by atoms with Gasteiger partial charge in [0, 0.05) is 24.3 Å². The number of ether oxygens (including phenoxy) is 1. The molecule has 0 unspecified atom stereocenters. The first-order valence-electron chi connectivity index (χ1n) is 15.1. The molecule has 0 radical (unpaired) electrons. The van der Waals surface area contributed by atoms with E-state index in [1.807, 2.05) is 10.6 Å². The van der Waals surface area contributed by atoms with Crippen molar-refractivity contribution in [2.24, 2.45) is 0 Å². The molecular weight excluding hydrogens is 559 g/mol. The maximum atomic E-state index is 15.9. The molecule has 5 rings (SSSR count). The number of hydrogen-bond donors (Lipinski definition) is 2. The lowest BCUT2D eigenvalue weighted by molar-refractivity contribution is 0.0630. The van der Waals surface area contributed by atoms with Crippen molar-refractivity contribution in [2.45, 2.75) is 51.7 Å². The molecule has 0 atom stereocenters. The van der Waals surface area contributed by atoms with E-state index in [1.165, 1.54) is 18.7 Å². The van der Waals surface area contributed by atoms with Crippen LogP contribution in [0.15, 0.2) is 48.5 Å². The third-order valence-electron chi connectivity index (χ3n) is 8.16. The zero-order valence-electron chi connectivity index (χ0n) is 26.5. The van der Waals surface area contributed by atoms with Crippen LogP contribution in [0.1, 0.15) is 54.2 Å². The molecule has 0 bridgehead atoms. The molecule has 234 valence electrons. The Labute approximate surface area is 258 Å². The number of aromatic nitrogens is 3. The van der Waals surface area contributed by atoms with Crippen molar-refractivity contribution >= 4 is 22.9 Å². The van der Waals surface area contributed by atoms with Crippen LogP contribution in [0.5, 0.6) is 5.75 Å². The van der Waals surface area contributed by atoms with Crippen LogP contribution in [-0.2, 0) is 6.54 Å². The Balaban J connectivity index is 1.45. The summed E-state index contributed by atoms with van der Waals surface area (Å²) in [7, 11) is 5.71. The van der Waals surface area contributed by atoms with E-state index in [0.29, 0.717) is 28.4 Å². The highest BCUT2D eigenvalue weighted by atomic mass is 19.1. The van der Waals surface area contributed by atoms with Crippen molar-refractivity contribution in [1.29, 1.82) is 0 Å². The summed E-state index contributed by atoms with van der Waals surface area (Å²) in [5, 5.41) is 13.6. The fourth-order valence-electron chi connectivity index (χ4n) is 5.88. The molecule has 2 aromatic carbocycles. The Morgan fingerprint density at radius 3 is 2.55 bits per heavy atom. The second-order valence-electron chi connectivity index (χ2n) is 12.6. The number of amides is 1. The van der Waals surface area contributed by atoms with Crippen molar-refractivity contribution in [3.05, 3.63) is 71.2 Å². The van der Waals surface area contributed by atoms with Crippen molar-refractivity contribution in [2.75, 3.05) is 52.7 Å². The number of benzene rings is 2. The summed E-state index contributed by atoms with van der Waals surface area (Å²) in [5.74, 6) is -0.280. The third kappa shape index (κ3) is 7.09. The molecule has 4 aromatic rings. The minimum Gasteiger partial charge on any atom is -0.496 e. The number of nitrogens with zero attached hydrogens (tertiary/aromatic N) is 5. The predicted octanol–water partition coefficient (Wildman–Crippen LogP) is 5.32. The fraction of sp³-hybridized carbons (Fsp3) is 0.441. The predicted molar refractivity (Wildman–Crippen MR) is 172 cm³/mol. The molecule has 0 saturated carbocycles. The maximum absolute atomic E-state index is 15.9. The molecule has 0 spiro atoms. The van der Waals surface area contributed by atoms with Crippen LogP contribution in [0.3, 0.4) is 0 Å². The summed E-state index contributed by atoms with van der Waals surface area (Å²) in [6, 6.07) is 14.6. The average molecular weight is 603 g/mol. The molecule has 1 aliphatic rings. The van der Waals surface area contributed by atoms with Gasteiger partial charge in [0.2, 0.25) is 5.95 Å². The van der Waals surface area contributed by atoms with E-state index >= 15 is 4.39 Å². The molecular formula is C34H43FN6O3. The number of carbonyl (C=O) groups excluding carboxylic acids is 1. The number of hydrogen-bond acceptors (Lipinski definition) is 7. The van der Waals surface area contributed by atoms with E-state index in [-0.39, 0.29) is 23.8 Å². The Morgan fingerprint density at radius 2 is 1.86 bits per heavy atom. The zero-order valence-corrected chi connectivity index (χ0v) is 26.5. The number of pyridine rings is 1. The molecule has 3 heterocycles. The van der Waals surface area contributed by atoms with Crippen LogP contribution in [0.4, 0.5) is 10.3 Å². The van der Waals surface area contributed by atoms with E-state index in [2.05, 4.69) is 46.3 Å². The first kappa shape index (κ1) is 31.6. The lowest BCUT2D eigenvalue weighted by Gasteiger charge is -2.32. The van der Waals surface area contributed by atoms with Gasteiger partial charge in [0.25, 0.3) is 5.91 Å². The van der Waals surface area contributed by atoms with Gasteiger partial charge < -0.3 is 24.2 Å². The van der Waals surface area contributed by atoms with E-state index in [1.54, 1.807) is 45.0 Å². The van der Waals surface area contributed by atoms with Gasteiger partial charge in [-0.25, -0.2) is 14.4 Å². The number of aryl methyl sites for hydroxylation is 1. The third-order valence-corrected chi connectivity index (χ3v) is 8.16. The van der Waals surface area contributed by atoms with Gasteiger partial charge in [-0.1, -0.05) is 18.2 Å². The highest BCUT2D eigenvalue weighted by Crippen LogP contribution is 2.34. The summed E-state index contributed by atoms with van der Waals surface area (Å²) in [4.78, 5) is 27.4.